The summed E-state index contributed by atoms with van der Waals surface area (Å²) in [6.07, 6.45) is 2.51. The summed E-state index contributed by atoms with van der Waals surface area (Å²) in [7, 11) is 0. The molecule has 0 bridgehead atoms. The first-order valence-electron chi connectivity index (χ1n) is 1.81. The van der Waals surface area contributed by atoms with E-state index in [4.69, 9.17) is 0 Å². The number of hydrogen-bond donors (Lipinski definition) is 0. The predicted molar refractivity (Wildman–Crippen MR) is 21.9 cm³/mol. The molecule has 0 aromatic heterocycles. The molecule has 0 atom stereocenters. The zero-order chi connectivity index (χ0) is 3.70. The fourth-order valence-corrected chi connectivity index (χ4v) is 0.239. The topological polar surface area (TPSA) is 0 Å². The van der Waals surface area contributed by atoms with Gasteiger partial charge in [-0.05, 0) is 18.4 Å². The minimum atomic E-state index is 0. The third-order valence-corrected chi connectivity index (χ3v) is 0.750. The Morgan fingerprint density at radius 2 is 1.86 bits per heavy atom. The Labute approximate surface area is 66.6 Å². The summed E-state index contributed by atoms with van der Waals surface area (Å²) < 4.78 is 0. The van der Waals surface area contributed by atoms with Gasteiger partial charge in [-0.2, -0.15) is 0 Å². The summed E-state index contributed by atoms with van der Waals surface area (Å²) in [5, 5.41) is 0. The molecule has 0 N–H and O–H groups in total. The molecule has 0 unspecified atom stereocenters. The van der Waals surface area contributed by atoms with E-state index in [0.29, 0.717) is 0 Å². The molecule has 2 heteroatoms. The van der Waals surface area contributed by atoms with Gasteiger partial charge in [-0.15, -0.1) is 5.73 Å². The molecule has 0 spiro atoms. The fraction of sp³-hybridized carbons (Fsp3) is 0.400. The van der Waals surface area contributed by atoms with E-state index >= 15 is 0 Å². The molecule has 0 aliphatic heterocycles. The molecule has 34 valence electrons. The maximum Gasteiger partial charge on any atom is 1.00 e. The first-order chi connectivity index (χ1) is 2.43. The molecule has 1 rings (SSSR count). The number of halogens is 1. The van der Waals surface area contributed by atoms with Crippen LogP contribution in [0.25, 0.3) is 0 Å². The third-order valence-electron chi connectivity index (χ3n) is 0.750. The van der Waals surface area contributed by atoms with Crippen LogP contribution in [-0.2, 0) is 0 Å². The fourth-order valence-electron chi connectivity index (χ4n) is 0.239. The monoisotopic (exact) mass is 152 g/mol. The molecule has 0 amide bonds. The van der Waals surface area contributed by atoms with E-state index in [-0.39, 0.29) is 35.8 Å². The standard InChI is InChI=1S/C5H6.BrH.Li/c1-2-5-3-4-5;;/h1,3-4H2;1H;/q;;+1/p-1. The van der Waals surface area contributed by atoms with Crippen LogP contribution < -0.4 is 35.8 Å². The second-order valence-corrected chi connectivity index (χ2v) is 1.28. The van der Waals surface area contributed by atoms with Crippen molar-refractivity contribution in [3.8, 4) is 0 Å². The quantitative estimate of drug-likeness (QED) is 0.243. The van der Waals surface area contributed by atoms with Gasteiger partial charge in [0.15, 0.2) is 0 Å². The Morgan fingerprint density at radius 1 is 1.43 bits per heavy atom. The van der Waals surface area contributed by atoms with Gasteiger partial charge in [0.05, 0.1) is 0 Å². The molecule has 0 radical (unpaired) electrons. The average Bonchev–Trinajstić information content (AvgIpc) is 2.12. The minimum Gasteiger partial charge on any atom is -1.00 e. The van der Waals surface area contributed by atoms with E-state index in [1.165, 1.54) is 18.4 Å². The Bertz CT molecular complexity index is 86.3. The van der Waals surface area contributed by atoms with Crippen LogP contribution in [0.5, 0.6) is 0 Å². The number of allylic oxidation sites excluding steroid dienone is 1. The summed E-state index contributed by atoms with van der Waals surface area (Å²) in [6, 6.07) is 0. The van der Waals surface area contributed by atoms with Crippen molar-refractivity contribution in [2.24, 2.45) is 0 Å². The van der Waals surface area contributed by atoms with Crippen LogP contribution >= 0.6 is 0 Å². The van der Waals surface area contributed by atoms with Crippen LogP contribution in [0.3, 0.4) is 0 Å². The van der Waals surface area contributed by atoms with Gasteiger partial charge >= 0.3 is 18.9 Å². The Morgan fingerprint density at radius 3 is 1.86 bits per heavy atom. The van der Waals surface area contributed by atoms with Gasteiger partial charge in [-0.3, -0.25) is 0 Å². The van der Waals surface area contributed by atoms with Crippen molar-refractivity contribution in [3.63, 3.8) is 0 Å². The van der Waals surface area contributed by atoms with Crippen LogP contribution in [0.2, 0.25) is 0 Å². The first-order valence-corrected chi connectivity index (χ1v) is 1.81. The molecular formula is C5H6BrLi. The van der Waals surface area contributed by atoms with Crippen LogP contribution in [0, 0.1) is 0 Å². The SMILES string of the molecule is C=C=C1CC1.[Br-].[Li+]. The summed E-state index contributed by atoms with van der Waals surface area (Å²) >= 11 is 0. The van der Waals surface area contributed by atoms with Crippen LogP contribution in [0.1, 0.15) is 12.8 Å². The minimum absolute atomic E-state index is 0. The summed E-state index contributed by atoms with van der Waals surface area (Å²) in [6.45, 7) is 3.46. The zero-order valence-electron chi connectivity index (χ0n) is 4.50. The molecule has 1 fully saturated rings. The zero-order valence-corrected chi connectivity index (χ0v) is 6.09. The van der Waals surface area contributed by atoms with E-state index in [1.807, 2.05) is 0 Å². The van der Waals surface area contributed by atoms with Crippen LogP contribution in [0.4, 0.5) is 0 Å². The number of rotatable bonds is 0. The maximum absolute atomic E-state index is 3.46. The Hall–Kier alpha value is 0.597. The van der Waals surface area contributed by atoms with Crippen LogP contribution in [0.15, 0.2) is 17.9 Å². The second-order valence-electron chi connectivity index (χ2n) is 1.28. The van der Waals surface area contributed by atoms with Crippen molar-refractivity contribution in [2.45, 2.75) is 12.8 Å². The van der Waals surface area contributed by atoms with E-state index in [0.717, 1.165) is 0 Å². The molecular weight excluding hydrogens is 147 g/mol. The van der Waals surface area contributed by atoms with Gasteiger partial charge < -0.3 is 17.0 Å². The average molecular weight is 153 g/mol. The van der Waals surface area contributed by atoms with Gasteiger partial charge in [0.25, 0.3) is 0 Å². The van der Waals surface area contributed by atoms with Crippen LogP contribution in [-0.4, -0.2) is 0 Å². The summed E-state index contributed by atoms with van der Waals surface area (Å²) in [5.74, 6) is 0. The van der Waals surface area contributed by atoms with E-state index < -0.39 is 0 Å². The molecule has 0 saturated heterocycles. The van der Waals surface area contributed by atoms with Gasteiger partial charge in [-0.25, -0.2) is 0 Å². The van der Waals surface area contributed by atoms with Gasteiger partial charge in [0.1, 0.15) is 0 Å². The van der Waals surface area contributed by atoms with Crippen molar-refractivity contribution >= 4 is 0 Å². The van der Waals surface area contributed by atoms with Gasteiger partial charge in [0.2, 0.25) is 0 Å². The number of hydrogen-bond acceptors (Lipinski definition) is 0. The normalized spacial score (nSPS) is 12.9. The van der Waals surface area contributed by atoms with Gasteiger partial charge in [0, 0.05) is 0 Å². The summed E-state index contributed by atoms with van der Waals surface area (Å²) in [4.78, 5) is 0. The Kier molecular flexibility index (Phi) is 7.16. The Balaban J connectivity index is 0. The van der Waals surface area contributed by atoms with Crippen molar-refractivity contribution in [2.75, 3.05) is 0 Å². The smallest absolute Gasteiger partial charge is 1.00 e. The van der Waals surface area contributed by atoms with Crippen molar-refractivity contribution in [3.05, 3.63) is 17.9 Å². The van der Waals surface area contributed by atoms with Crippen molar-refractivity contribution in [1.29, 1.82) is 0 Å². The van der Waals surface area contributed by atoms with Crippen molar-refractivity contribution < 1.29 is 35.8 Å². The second kappa shape index (κ2) is 4.75. The molecule has 0 aromatic carbocycles. The van der Waals surface area contributed by atoms with Crippen molar-refractivity contribution in [1.82, 2.24) is 0 Å². The van der Waals surface area contributed by atoms with E-state index in [9.17, 15) is 0 Å². The molecule has 1 saturated carbocycles. The first kappa shape index (κ1) is 10.6. The molecule has 0 aromatic rings. The molecule has 7 heavy (non-hydrogen) atoms. The van der Waals surface area contributed by atoms with Gasteiger partial charge in [-0.1, -0.05) is 6.58 Å². The summed E-state index contributed by atoms with van der Waals surface area (Å²) in [5.41, 5.74) is 4.20. The predicted octanol–water partition coefficient (Wildman–Crippen LogP) is -4.50. The van der Waals surface area contributed by atoms with E-state index in [1.54, 1.807) is 0 Å². The largest absolute Gasteiger partial charge is 1.00 e. The molecule has 1 aliphatic carbocycles. The van der Waals surface area contributed by atoms with E-state index in [2.05, 4.69) is 12.3 Å². The molecule has 0 nitrogen and oxygen atoms in total. The maximum atomic E-state index is 3.46. The molecule has 1 aliphatic rings. The molecule has 0 heterocycles. The third kappa shape index (κ3) is 4.45.